The maximum atomic E-state index is 12.7. The minimum atomic E-state index is -0.734. The molecule has 0 radical (unpaired) electrons. The van der Waals surface area contributed by atoms with Crippen LogP contribution in [0.2, 0.25) is 0 Å². The quantitative estimate of drug-likeness (QED) is 0.578. The summed E-state index contributed by atoms with van der Waals surface area (Å²) in [6.07, 6.45) is 2.33. The standard InChI is InChI=1S/C20H20BrN5O2/c21-15-3-1-2-12(8-15)18(22)20(28)26-7-6-13(11-26)19(27)24-16-4-5-17-14(9-16)10-23-25-17/h1-5,8-10,13,18H,6-7,11,22H2,(H,23,25)(H,24,27)/t13-,18?/m0/s1. The van der Waals surface area contributed by atoms with E-state index in [0.29, 0.717) is 19.5 Å². The van der Waals surface area contributed by atoms with Crippen molar-refractivity contribution in [3.05, 3.63) is 58.7 Å². The first-order valence-electron chi connectivity index (χ1n) is 9.05. The first-order chi connectivity index (χ1) is 13.5. The molecule has 1 unspecified atom stereocenters. The minimum absolute atomic E-state index is 0.0887. The second-order valence-corrected chi connectivity index (χ2v) is 7.88. The summed E-state index contributed by atoms with van der Waals surface area (Å²) in [5.41, 5.74) is 8.54. The van der Waals surface area contributed by atoms with Gasteiger partial charge >= 0.3 is 0 Å². The average molecular weight is 442 g/mol. The molecule has 0 saturated carbocycles. The lowest BCUT2D eigenvalue weighted by atomic mass is 10.1. The van der Waals surface area contributed by atoms with Gasteiger partial charge in [-0.05, 0) is 42.3 Å². The number of benzene rings is 2. The molecule has 2 atom stereocenters. The number of hydrogen-bond acceptors (Lipinski definition) is 4. The van der Waals surface area contributed by atoms with Crippen molar-refractivity contribution in [2.75, 3.05) is 18.4 Å². The van der Waals surface area contributed by atoms with Crippen LogP contribution in [-0.2, 0) is 9.59 Å². The third-order valence-corrected chi connectivity index (χ3v) is 5.55. The summed E-state index contributed by atoms with van der Waals surface area (Å²) < 4.78 is 0.876. The molecule has 2 heterocycles. The lowest BCUT2D eigenvalue weighted by Crippen LogP contribution is -2.38. The number of carbonyl (C=O) groups excluding carboxylic acids is 2. The summed E-state index contributed by atoms with van der Waals surface area (Å²) >= 11 is 3.40. The Bertz CT molecular complexity index is 1030. The van der Waals surface area contributed by atoms with E-state index in [1.807, 2.05) is 42.5 Å². The van der Waals surface area contributed by atoms with Crippen molar-refractivity contribution in [3.63, 3.8) is 0 Å². The molecule has 0 bridgehead atoms. The molecule has 3 aromatic rings. The van der Waals surface area contributed by atoms with Gasteiger partial charge in [0.05, 0.1) is 17.6 Å². The predicted molar refractivity (Wildman–Crippen MR) is 110 cm³/mol. The molecule has 4 rings (SSSR count). The number of nitrogens with zero attached hydrogens (tertiary/aromatic N) is 2. The van der Waals surface area contributed by atoms with Crippen LogP contribution in [0.1, 0.15) is 18.0 Å². The molecule has 1 aromatic heterocycles. The molecular weight excluding hydrogens is 422 g/mol. The number of aromatic amines is 1. The first-order valence-corrected chi connectivity index (χ1v) is 9.84. The highest BCUT2D eigenvalue weighted by molar-refractivity contribution is 9.10. The Labute approximate surface area is 170 Å². The SMILES string of the molecule is NC(C(=O)N1CC[C@H](C(=O)Nc2ccc3[nH]ncc3c2)C1)c1cccc(Br)c1. The van der Waals surface area contributed by atoms with Crippen LogP contribution < -0.4 is 11.1 Å². The number of amides is 2. The highest BCUT2D eigenvalue weighted by atomic mass is 79.9. The Morgan fingerprint density at radius 1 is 1.29 bits per heavy atom. The number of H-pyrrole nitrogens is 1. The summed E-state index contributed by atoms with van der Waals surface area (Å²) in [7, 11) is 0. The molecule has 2 aromatic carbocycles. The van der Waals surface area contributed by atoms with Crippen molar-refractivity contribution in [1.29, 1.82) is 0 Å². The Morgan fingerprint density at radius 3 is 2.96 bits per heavy atom. The Hall–Kier alpha value is -2.71. The first kappa shape index (κ1) is 18.6. The molecule has 1 saturated heterocycles. The van der Waals surface area contributed by atoms with E-state index in [-0.39, 0.29) is 17.7 Å². The van der Waals surface area contributed by atoms with Crippen LogP contribution in [0.5, 0.6) is 0 Å². The summed E-state index contributed by atoms with van der Waals surface area (Å²) in [6.45, 7) is 0.902. The fourth-order valence-electron chi connectivity index (χ4n) is 3.48. The van der Waals surface area contributed by atoms with Crippen LogP contribution in [0.4, 0.5) is 5.69 Å². The maximum Gasteiger partial charge on any atom is 0.244 e. The summed E-state index contributed by atoms with van der Waals surface area (Å²) in [5, 5.41) is 10.7. The van der Waals surface area contributed by atoms with Gasteiger partial charge in [0.25, 0.3) is 0 Å². The zero-order valence-corrected chi connectivity index (χ0v) is 16.6. The van der Waals surface area contributed by atoms with Gasteiger partial charge in [-0.1, -0.05) is 28.1 Å². The van der Waals surface area contributed by atoms with Crippen LogP contribution in [0.15, 0.2) is 53.1 Å². The van der Waals surface area contributed by atoms with Gasteiger partial charge in [0.15, 0.2) is 0 Å². The van der Waals surface area contributed by atoms with Crippen molar-refractivity contribution in [1.82, 2.24) is 15.1 Å². The molecule has 4 N–H and O–H groups in total. The summed E-state index contributed by atoms with van der Waals surface area (Å²) in [5.74, 6) is -0.499. The van der Waals surface area contributed by atoms with Gasteiger partial charge < -0.3 is 16.0 Å². The molecule has 1 aliphatic heterocycles. The molecule has 0 spiro atoms. The predicted octanol–water partition coefficient (Wildman–Crippen LogP) is 2.81. The zero-order chi connectivity index (χ0) is 19.7. The lowest BCUT2D eigenvalue weighted by molar-refractivity contribution is -0.132. The third kappa shape index (κ3) is 3.79. The second-order valence-electron chi connectivity index (χ2n) is 6.96. The van der Waals surface area contributed by atoms with Crippen LogP contribution in [0.3, 0.4) is 0 Å². The van der Waals surface area contributed by atoms with Gasteiger partial charge in [-0.15, -0.1) is 0 Å². The van der Waals surface area contributed by atoms with Crippen molar-refractivity contribution in [2.45, 2.75) is 12.5 Å². The minimum Gasteiger partial charge on any atom is -0.340 e. The largest absolute Gasteiger partial charge is 0.340 e. The molecule has 144 valence electrons. The fourth-order valence-corrected chi connectivity index (χ4v) is 3.90. The average Bonchev–Trinajstić information content (AvgIpc) is 3.36. The van der Waals surface area contributed by atoms with E-state index in [1.54, 1.807) is 11.1 Å². The van der Waals surface area contributed by atoms with Gasteiger partial charge in [-0.3, -0.25) is 14.7 Å². The van der Waals surface area contributed by atoms with E-state index in [1.165, 1.54) is 0 Å². The van der Waals surface area contributed by atoms with Crippen LogP contribution in [0.25, 0.3) is 10.9 Å². The highest BCUT2D eigenvalue weighted by Gasteiger charge is 2.33. The van der Waals surface area contributed by atoms with Crippen molar-refractivity contribution in [3.8, 4) is 0 Å². The van der Waals surface area contributed by atoms with E-state index >= 15 is 0 Å². The Morgan fingerprint density at radius 2 is 2.14 bits per heavy atom. The summed E-state index contributed by atoms with van der Waals surface area (Å²) in [6, 6.07) is 12.3. The zero-order valence-electron chi connectivity index (χ0n) is 15.1. The number of rotatable bonds is 4. The van der Waals surface area contributed by atoms with Crippen molar-refractivity contribution in [2.24, 2.45) is 11.7 Å². The molecule has 0 aliphatic carbocycles. The van der Waals surface area contributed by atoms with E-state index in [9.17, 15) is 9.59 Å². The Balaban J connectivity index is 1.38. The number of nitrogens with two attached hydrogens (primary N) is 1. The van der Waals surface area contributed by atoms with Gasteiger partial charge in [0.2, 0.25) is 11.8 Å². The number of nitrogens with one attached hydrogen (secondary N) is 2. The molecule has 7 nitrogen and oxygen atoms in total. The second kappa shape index (κ2) is 7.73. The van der Waals surface area contributed by atoms with E-state index in [4.69, 9.17) is 5.73 Å². The van der Waals surface area contributed by atoms with Gasteiger partial charge in [-0.2, -0.15) is 5.10 Å². The topological polar surface area (TPSA) is 104 Å². The van der Waals surface area contributed by atoms with Gasteiger partial charge in [-0.25, -0.2) is 0 Å². The van der Waals surface area contributed by atoms with Crippen LogP contribution >= 0.6 is 15.9 Å². The number of aromatic nitrogens is 2. The number of likely N-dealkylation sites (tertiary alicyclic amines) is 1. The van der Waals surface area contributed by atoms with Gasteiger partial charge in [0, 0.05) is 28.6 Å². The van der Waals surface area contributed by atoms with Crippen molar-refractivity contribution >= 4 is 44.3 Å². The number of halogens is 1. The lowest BCUT2D eigenvalue weighted by Gasteiger charge is -2.21. The molecule has 2 amide bonds. The normalized spacial score (nSPS) is 17.6. The monoisotopic (exact) mass is 441 g/mol. The molecule has 8 heteroatoms. The fraction of sp³-hybridized carbons (Fsp3) is 0.250. The molecule has 1 fully saturated rings. The highest BCUT2D eigenvalue weighted by Crippen LogP contribution is 2.24. The number of carbonyl (C=O) groups is 2. The van der Waals surface area contributed by atoms with E-state index in [2.05, 4.69) is 31.4 Å². The molecule has 1 aliphatic rings. The number of hydrogen-bond donors (Lipinski definition) is 3. The Kier molecular flexibility index (Phi) is 5.15. The smallest absolute Gasteiger partial charge is 0.244 e. The van der Waals surface area contributed by atoms with Crippen LogP contribution in [0, 0.1) is 5.92 Å². The number of anilines is 1. The van der Waals surface area contributed by atoms with E-state index < -0.39 is 6.04 Å². The van der Waals surface area contributed by atoms with Crippen molar-refractivity contribution < 1.29 is 9.59 Å². The van der Waals surface area contributed by atoms with E-state index in [0.717, 1.165) is 26.6 Å². The molecular formula is C20H20BrN5O2. The third-order valence-electron chi connectivity index (χ3n) is 5.05. The van der Waals surface area contributed by atoms with Crippen LogP contribution in [-0.4, -0.2) is 40.0 Å². The van der Waals surface area contributed by atoms with Gasteiger partial charge in [0.1, 0.15) is 6.04 Å². The number of fused-ring (bicyclic) bond motifs is 1. The maximum absolute atomic E-state index is 12.7. The summed E-state index contributed by atoms with van der Waals surface area (Å²) in [4.78, 5) is 27.1. The molecule has 28 heavy (non-hydrogen) atoms.